The van der Waals surface area contributed by atoms with Gasteiger partial charge in [0.25, 0.3) is 0 Å². The van der Waals surface area contributed by atoms with E-state index >= 15 is 0 Å². The molecule has 0 atom stereocenters. The van der Waals surface area contributed by atoms with Crippen molar-refractivity contribution in [3.63, 3.8) is 0 Å². The predicted octanol–water partition coefficient (Wildman–Crippen LogP) is 4.14. The maximum atomic E-state index is 4.69. The van der Waals surface area contributed by atoms with Crippen LogP contribution in [-0.2, 0) is 0 Å². The fraction of sp³-hybridized carbons (Fsp3) is 0.455. The highest BCUT2D eigenvalue weighted by Crippen LogP contribution is 2.36. The number of H-pyrrole nitrogens is 1. The Balaban J connectivity index is 1.64. The van der Waals surface area contributed by atoms with Gasteiger partial charge in [-0.25, -0.2) is 0 Å². The Morgan fingerprint density at radius 2 is 1.96 bits per heavy atom. The number of piperidine rings is 1. The van der Waals surface area contributed by atoms with Crippen molar-refractivity contribution in [1.82, 2.24) is 15.1 Å². The number of anilines is 1. The molecule has 0 aliphatic carbocycles. The van der Waals surface area contributed by atoms with Crippen molar-refractivity contribution in [2.24, 2.45) is 4.99 Å². The number of aliphatic imine (C=N–C) groups is 1. The van der Waals surface area contributed by atoms with E-state index in [1.165, 1.54) is 35.1 Å². The van der Waals surface area contributed by atoms with Gasteiger partial charge in [-0.05, 0) is 44.4 Å². The number of benzene rings is 1. The second-order valence-electron chi connectivity index (χ2n) is 7.54. The first-order valence-corrected chi connectivity index (χ1v) is 10.1. The molecule has 2 N–H and O–H groups in total. The van der Waals surface area contributed by atoms with E-state index in [0.717, 1.165) is 44.1 Å². The van der Waals surface area contributed by atoms with Crippen LogP contribution in [0.1, 0.15) is 37.3 Å². The van der Waals surface area contributed by atoms with Gasteiger partial charge in [0, 0.05) is 43.0 Å². The molecule has 0 radical (unpaired) electrons. The summed E-state index contributed by atoms with van der Waals surface area (Å²) in [6.45, 7) is 8.67. The van der Waals surface area contributed by atoms with Gasteiger partial charge in [0.05, 0.1) is 5.69 Å². The Labute approximate surface area is 161 Å². The highest BCUT2D eigenvalue weighted by atomic mass is 15.2. The molecule has 5 heteroatoms. The minimum atomic E-state index is 0.485. The number of aromatic nitrogens is 2. The van der Waals surface area contributed by atoms with Crippen LogP contribution >= 0.6 is 0 Å². The SMILES string of the molecule is CCN1CCC(Nc2n[nH]c(-c3ccc(C)cc3)c2C2=CC=NCC2)CC1. The van der Waals surface area contributed by atoms with Gasteiger partial charge in [0.2, 0.25) is 0 Å². The Hall–Kier alpha value is -2.40. The summed E-state index contributed by atoms with van der Waals surface area (Å²) in [4.78, 5) is 6.87. The molecule has 1 aromatic heterocycles. The van der Waals surface area contributed by atoms with E-state index in [0.29, 0.717) is 6.04 Å². The molecule has 0 amide bonds. The van der Waals surface area contributed by atoms with E-state index in [-0.39, 0.29) is 0 Å². The predicted molar refractivity (Wildman–Crippen MR) is 113 cm³/mol. The topological polar surface area (TPSA) is 56.3 Å². The Morgan fingerprint density at radius 1 is 1.19 bits per heavy atom. The van der Waals surface area contributed by atoms with Gasteiger partial charge in [-0.1, -0.05) is 36.8 Å². The molecule has 0 saturated carbocycles. The summed E-state index contributed by atoms with van der Waals surface area (Å²) in [7, 11) is 0. The standard InChI is InChI=1S/C22H29N5/c1-3-27-14-10-19(11-15-27)24-22-20(17-8-12-23-13-9-17)21(25-26-22)18-6-4-16(2)5-7-18/h4-8,12,19H,3,9-11,13-15H2,1-2H3,(H2,24,25,26). The molecule has 4 rings (SSSR count). The highest BCUT2D eigenvalue weighted by molar-refractivity contribution is 5.93. The first-order valence-electron chi connectivity index (χ1n) is 10.1. The average molecular weight is 364 g/mol. The molecule has 2 aliphatic heterocycles. The number of aryl methyl sites for hydroxylation is 1. The fourth-order valence-corrected chi connectivity index (χ4v) is 3.97. The molecule has 0 unspecified atom stereocenters. The number of allylic oxidation sites excluding steroid dienone is 1. The van der Waals surface area contributed by atoms with Crippen molar-refractivity contribution >= 4 is 17.6 Å². The number of nitrogens with one attached hydrogen (secondary N) is 2. The Kier molecular flexibility index (Phi) is 5.39. The van der Waals surface area contributed by atoms with Crippen LogP contribution in [-0.4, -0.2) is 53.5 Å². The molecule has 5 nitrogen and oxygen atoms in total. The smallest absolute Gasteiger partial charge is 0.156 e. The molecular formula is C22H29N5. The molecule has 2 aromatic rings. The van der Waals surface area contributed by atoms with Crippen molar-refractivity contribution in [2.75, 3.05) is 31.5 Å². The number of likely N-dealkylation sites (tertiary alicyclic amines) is 1. The van der Waals surface area contributed by atoms with Crippen LogP contribution in [0.15, 0.2) is 35.3 Å². The van der Waals surface area contributed by atoms with Crippen LogP contribution < -0.4 is 5.32 Å². The average Bonchev–Trinajstić information content (AvgIpc) is 3.13. The third-order valence-corrected chi connectivity index (χ3v) is 5.69. The molecule has 0 spiro atoms. The third kappa shape index (κ3) is 3.98. The van der Waals surface area contributed by atoms with Gasteiger partial charge in [0.1, 0.15) is 0 Å². The number of hydrogen-bond acceptors (Lipinski definition) is 4. The van der Waals surface area contributed by atoms with Crippen molar-refractivity contribution in [1.29, 1.82) is 0 Å². The van der Waals surface area contributed by atoms with E-state index in [4.69, 9.17) is 0 Å². The van der Waals surface area contributed by atoms with E-state index < -0.39 is 0 Å². The molecule has 1 saturated heterocycles. The fourth-order valence-electron chi connectivity index (χ4n) is 3.97. The molecule has 1 fully saturated rings. The van der Waals surface area contributed by atoms with E-state index in [2.05, 4.69) is 69.6 Å². The maximum absolute atomic E-state index is 4.69. The van der Waals surface area contributed by atoms with Crippen LogP contribution in [0.4, 0.5) is 5.82 Å². The second kappa shape index (κ2) is 8.09. The molecule has 27 heavy (non-hydrogen) atoms. The lowest BCUT2D eigenvalue weighted by Crippen LogP contribution is -2.39. The first kappa shape index (κ1) is 18.0. The van der Waals surface area contributed by atoms with Gasteiger partial charge in [-0.3, -0.25) is 10.1 Å². The molecule has 3 heterocycles. The summed E-state index contributed by atoms with van der Waals surface area (Å²) < 4.78 is 0. The minimum Gasteiger partial charge on any atom is -0.365 e. The normalized spacial score (nSPS) is 18.5. The maximum Gasteiger partial charge on any atom is 0.156 e. The van der Waals surface area contributed by atoms with E-state index in [9.17, 15) is 0 Å². The van der Waals surface area contributed by atoms with Gasteiger partial charge >= 0.3 is 0 Å². The summed E-state index contributed by atoms with van der Waals surface area (Å²) in [6.07, 6.45) is 7.35. The lowest BCUT2D eigenvalue weighted by Gasteiger charge is -2.31. The molecule has 1 aromatic carbocycles. The summed E-state index contributed by atoms with van der Waals surface area (Å²) in [5.41, 5.74) is 6.07. The van der Waals surface area contributed by atoms with Crippen molar-refractivity contribution in [3.05, 3.63) is 41.5 Å². The lowest BCUT2D eigenvalue weighted by atomic mass is 9.96. The summed E-state index contributed by atoms with van der Waals surface area (Å²) in [5.74, 6) is 0.988. The Morgan fingerprint density at radius 3 is 2.63 bits per heavy atom. The van der Waals surface area contributed by atoms with Gasteiger partial charge in [-0.15, -0.1) is 0 Å². The van der Waals surface area contributed by atoms with Crippen LogP contribution in [0, 0.1) is 6.92 Å². The number of aromatic amines is 1. The number of hydrogen-bond donors (Lipinski definition) is 2. The van der Waals surface area contributed by atoms with Crippen molar-refractivity contribution in [3.8, 4) is 11.3 Å². The molecule has 142 valence electrons. The van der Waals surface area contributed by atoms with Crippen LogP contribution in [0.3, 0.4) is 0 Å². The van der Waals surface area contributed by atoms with Crippen LogP contribution in [0.25, 0.3) is 16.8 Å². The van der Waals surface area contributed by atoms with Crippen LogP contribution in [0.2, 0.25) is 0 Å². The summed E-state index contributed by atoms with van der Waals surface area (Å²) >= 11 is 0. The van der Waals surface area contributed by atoms with E-state index in [1.807, 2.05) is 6.21 Å². The Bertz CT molecular complexity index is 823. The number of dihydropyridines is 1. The monoisotopic (exact) mass is 363 g/mol. The second-order valence-corrected chi connectivity index (χ2v) is 7.54. The quantitative estimate of drug-likeness (QED) is 0.839. The number of nitrogens with zero attached hydrogens (tertiary/aromatic N) is 3. The summed E-state index contributed by atoms with van der Waals surface area (Å²) in [6, 6.07) is 9.15. The van der Waals surface area contributed by atoms with Crippen molar-refractivity contribution < 1.29 is 0 Å². The highest BCUT2D eigenvalue weighted by Gasteiger charge is 2.23. The lowest BCUT2D eigenvalue weighted by molar-refractivity contribution is 0.229. The molecule has 2 aliphatic rings. The first-order chi connectivity index (χ1) is 13.2. The van der Waals surface area contributed by atoms with Crippen molar-refractivity contribution in [2.45, 2.75) is 39.2 Å². The third-order valence-electron chi connectivity index (χ3n) is 5.69. The zero-order valence-corrected chi connectivity index (χ0v) is 16.3. The van der Waals surface area contributed by atoms with Gasteiger partial charge in [0.15, 0.2) is 5.82 Å². The van der Waals surface area contributed by atoms with E-state index in [1.54, 1.807) is 0 Å². The largest absolute Gasteiger partial charge is 0.365 e. The molecule has 0 bridgehead atoms. The zero-order valence-electron chi connectivity index (χ0n) is 16.3. The molecular weight excluding hydrogens is 334 g/mol. The van der Waals surface area contributed by atoms with Crippen LogP contribution in [0.5, 0.6) is 0 Å². The van der Waals surface area contributed by atoms with Gasteiger partial charge in [-0.2, -0.15) is 5.10 Å². The zero-order chi connectivity index (χ0) is 18.6. The summed E-state index contributed by atoms with van der Waals surface area (Å²) in [5, 5.41) is 11.7. The minimum absolute atomic E-state index is 0.485. The van der Waals surface area contributed by atoms with Gasteiger partial charge < -0.3 is 10.2 Å². The number of rotatable bonds is 5.